The van der Waals surface area contributed by atoms with Gasteiger partial charge in [0.05, 0.1) is 6.20 Å². The molecule has 0 amide bonds. The highest BCUT2D eigenvalue weighted by molar-refractivity contribution is 6.30. The molecule has 0 bridgehead atoms. The minimum atomic E-state index is 0.552. The summed E-state index contributed by atoms with van der Waals surface area (Å²) in [5.41, 5.74) is 2.78. The Balaban J connectivity index is 1.42. The minimum Gasteiger partial charge on any atom is -0.368 e. The van der Waals surface area contributed by atoms with Crippen LogP contribution in [0.4, 0.5) is 11.8 Å². The largest absolute Gasteiger partial charge is 0.368 e. The summed E-state index contributed by atoms with van der Waals surface area (Å²) in [6.45, 7) is 1.63. The first-order valence-corrected chi connectivity index (χ1v) is 9.27. The Hall–Kier alpha value is -2.14. The Morgan fingerprint density at radius 2 is 1.84 bits per heavy atom. The molecule has 3 rings (SSSR count). The van der Waals surface area contributed by atoms with Gasteiger partial charge in [0, 0.05) is 18.1 Å². The zero-order valence-electron chi connectivity index (χ0n) is 14.3. The zero-order chi connectivity index (χ0) is 17.3. The maximum absolute atomic E-state index is 5.90. The van der Waals surface area contributed by atoms with Crippen molar-refractivity contribution in [2.45, 2.75) is 38.5 Å². The van der Waals surface area contributed by atoms with Crippen molar-refractivity contribution in [3.05, 3.63) is 52.7 Å². The van der Waals surface area contributed by atoms with Crippen molar-refractivity contribution in [3.63, 3.8) is 0 Å². The first kappa shape index (κ1) is 17.7. The van der Waals surface area contributed by atoms with Crippen molar-refractivity contribution >= 4 is 23.4 Å². The normalized spacial score (nSPS) is 14.0. The number of hydrogen-bond acceptors (Lipinski definition) is 5. The second-order valence-electron chi connectivity index (χ2n) is 6.25. The van der Waals surface area contributed by atoms with Crippen LogP contribution in [-0.2, 0) is 6.42 Å². The summed E-state index contributed by atoms with van der Waals surface area (Å²) >= 11 is 5.90. The van der Waals surface area contributed by atoms with Crippen LogP contribution in [0.3, 0.4) is 0 Å². The van der Waals surface area contributed by atoms with E-state index in [0.29, 0.717) is 5.95 Å². The molecule has 1 heterocycles. The van der Waals surface area contributed by atoms with Crippen LogP contribution in [0.1, 0.15) is 37.7 Å². The first-order valence-electron chi connectivity index (χ1n) is 8.89. The molecule has 6 heteroatoms. The Morgan fingerprint density at radius 1 is 1.00 bits per heavy atom. The molecule has 2 N–H and O–H groups in total. The highest BCUT2D eigenvalue weighted by atomic mass is 35.5. The summed E-state index contributed by atoms with van der Waals surface area (Å²) in [7, 11) is 0. The van der Waals surface area contributed by atoms with Gasteiger partial charge in [0.2, 0.25) is 5.95 Å². The van der Waals surface area contributed by atoms with Crippen molar-refractivity contribution < 1.29 is 0 Å². The fraction of sp³-hybridized carbons (Fsp3) is 0.421. The molecule has 0 aliphatic heterocycles. The van der Waals surface area contributed by atoms with Crippen molar-refractivity contribution in [2.75, 3.05) is 23.7 Å². The minimum absolute atomic E-state index is 0.552. The highest BCUT2D eigenvalue weighted by Gasteiger charge is 2.04. The maximum Gasteiger partial charge on any atom is 0.244 e. The van der Waals surface area contributed by atoms with E-state index in [2.05, 4.69) is 31.9 Å². The van der Waals surface area contributed by atoms with E-state index in [1.54, 1.807) is 11.8 Å². The van der Waals surface area contributed by atoms with Crippen LogP contribution in [0.15, 0.2) is 42.1 Å². The summed E-state index contributed by atoms with van der Waals surface area (Å²) in [5, 5.41) is 15.4. The maximum atomic E-state index is 5.90. The summed E-state index contributed by atoms with van der Waals surface area (Å²) < 4.78 is 0. The van der Waals surface area contributed by atoms with Crippen LogP contribution in [0.2, 0.25) is 5.02 Å². The lowest BCUT2D eigenvalue weighted by Gasteiger charge is -2.13. The Labute approximate surface area is 153 Å². The summed E-state index contributed by atoms with van der Waals surface area (Å²) in [5.74, 6) is 1.32. The molecule has 1 aliphatic carbocycles. The topological polar surface area (TPSA) is 62.7 Å². The number of allylic oxidation sites excluding steroid dienone is 1. The van der Waals surface area contributed by atoms with Gasteiger partial charge in [-0.25, -0.2) is 0 Å². The van der Waals surface area contributed by atoms with E-state index >= 15 is 0 Å². The smallest absolute Gasteiger partial charge is 0.244 e. The molecule has 0 spiro atoms. The van der Waals surface area contributed by atoms with Crippen LogP contribution < -0.4 is 10.6 Å². The first-order chi connectivity index (χ1) is 12.3. The number of hydrogen-bond donors (Lipinski definition) is 2. The van der Waals surface area contributed by atoms with Gasteiger partial charge >= 0.3 is 0 Å². The predicted octanol–water partition coefficient (Wildman–Crippen LogP) is 4.48. The summed E-state index contributed by atoms with van der Waals surface area (Å²) in [6.07, 6.45) is 11.1. The van der Waals surface area contributed by atoms with Crippen molar-refractivity contribution in [2.24, 2.45) is 0 Å². The number of benzene rings is 1. The number of aromatic nitrogens is 3. The number of anilines is 2. The molecule has 5 nitrogen and oxygen atoms in total. The van der Waals surface area contributed by atoms with E-state index in [1.165, 1.54) is 31.2 Å². The predicted molar refractivity (Wildman–Crippen MR) is 103 cm³/mol. The SMILES string of the molecule is Clc1ccc(CCNc2nncc(NCCC3=CCCCC3)n2)cc1. The molecule has 1 aromatic heterocycles. The third kappa shape index (κ3) is 6.02. The molecule has 1 aromatic carbocycles. The van der Waals surface area contributed by atoms with E-state index in [9.17, 15) is 0 Å². The fourth-order valence-corrected chi connectivity index (χ4v) is 3.04. The number of nitrogens with zero attached hydrogens (tertiary/aromatic N) is 3. The standard InChI is InChI=1S/C19H24ClN5/c20-17-8-6-16(7-9-17)11-13-22-19-24-18(14-23-25-19)21-12-10-15-4-2-1-3-5-15/h4,6-9,14H,1-3,5,10-13H2,(H2,21,22,24,25). The van der Waals surface area contributed by atoms with Crippen LogP contribution >= 0.6 is 11.6 Å². The van der Waals surface area contributed by atoms with E-state index in [1.807, 2.05) is 24.3 Å². The quantitative estimate of drug-likeness (QED) is 0.682. The fourth-order valence-electron chi connectivity index (χ4n) is 2.92. The van der Waals surface area contributed by atoms with Gasteiger partial charge in [-0.05, 0) is 56.2 Å². The lowest BCUT2D eigenvalue weighted by atomic mass is 9.97. The Bertz CT molecular complexity index is 699. The molecular formula is C19H24ClN5. The zero-order valence-corrected chi connectivity index (χ0v) is 15.1. The van der Waals surface area contributed by atoms with Gasteiger partial charge in [-0.1, -0.05) is 35.4 Å². The van der Waals surface area contributed by atoms with Crippen LogP contribution in [-0.4, -0.2) is 28.3 Å². The van der Waals surface area contributed by atoms with Gasteiger partial charge < -0.3 is 10.6 Å². The average molecular weight is 358 g/mol. The monoisotopic (exact) mass is 357 g/mol. The van der Waals surface area contributed by atoms with Crippen molar-refractivity contribution in [1.82, 2.24) is 15.2 Å². The van der Waals surface area contributed by atoms with Crippen molar-refractivity contribution in [3.8, 4) is 0 Å². The Morgan fingerprint density at radius 3 is 2.64 bits per heavy atom. The third-order valence-corrected chi connectivity index (χ3v) is 4.56. The molecule has 0 atom stereocenters. The molecule has 0 fully saturated rings. The van der Waals surface area contributed by atoms with Crippen molar-refractivity contribution in [1.29, 1.82) is 0 Å². The second-order valence-corrected chi connectivity index (χ2v) is 6.69. The van der Waals surface area contributed by atoms with Crippen LogP contribution in [0.25, 0.3) is 0 Å². The molecule has 2 aromatic rings. The molecule has 1 aliphatic rings. The number of halogens is 1. The molecule has 132 valence electrons. The van der Waals surface area contributed by atoms with E-state index < -0.39 is 0 Å². The van der Waals surface area contributed by atoms with E-state index in [4.69, 9.17) is 11.6 Å². The van der Waals surface area contributed by atoms with Gasteiger partial charge in [0.15, 0.2) is 5.82 Å². The lowest BCUT2D eigenvalue weighted by molar-refractivity contribution is 0.679. The molecule has 0 radical (unpaired) electrons. The molecule has 0 saturated heterocycles. The van der Waals surface area contributed by atoms with Gasteiger partial charge in [-0.2, -0.15) is 10.1 Å². The third-order valence-electron chi connectivity index (χ3n) is 4.31. The molecule has 0 saturated carbocycles. The number of nitrogens with one attached hydrogen (secondary N) is 2. The van der Waals surface area contributed by atoms with Crippen LogP contribution in [0.5, 0.6) is 0 Å². The molecule has 0 unspecified atom stereocenters. The lowest BCUT2D eigenvalue weighted by Crippen LogP contribution is -2.11. The van der Waals surface area contributed by atoms with Gasteiger partial charge in [0.1, 0.15) is 0 Å². The van der Waals surface area contributed by atoms with Crippen LogP contribution in [0, 0.1) is 0 Å². The van der Waals surface area contributed by atoms with Gasteiger partial charge in [0.25, 0.3) is 0 Å². The second kappa shape index (κ2) is 9.37. The van der Waals surface area contributed by atoms with E-state index in [-0.39, 0.29) is 0 Å². The Kier molecular flexibility index (Phi) is 6.63. The summed E-state index contributed by atoms with van der Waals surface area (Å²) in [6, 6.07) is 7.87. The molecule has 25 heavy (non-hydrogen) atoms. The number of rotatable bonds is 8. The molecular weight excluding hydrogens is 334 g/mol. The average Bonchev–Trinajstić information content (AvgIpc) is 2.65. The van der Waals surface area contributed by atoms with E-state index in [0.717, 1.165) is 36.8 Å². The summed E-state index contributed by atoms with van der Waals surface area (Å²) in [4.78, 5) is 4.46. The van der Waals surface area contributed by atoms with Gasteiger partial charge in [-0.3, -0.25) is 0 Å². The van der Waals surface area contributed by atoms with Gasteiger partial charge in [-0.15, -0.1) is 5.10 Å². The highest BCUT2D eigenvalue weighted by Crippen LogP contribution is 2.20.